The molecule has 2 aliphatic carbocycles. The number of aliphatic hydroxyl groups is 1. The highest BCUT2D eigenvalue weighted by atomic mass is 32.2. The largest absolute Gasteiger partial charge is 0.379 e. The van der Waals surface area contributed by atoms with Crippen molar-refractivity contribution in [2.75, 3.05) is 20.8 Å². The topological polar surface area (TPSA) is 85.9 Å². The number of thioether (sulfide) groups is 1. The fraction of sp³-hybridized carbons (Fsp3) is 0.947. The number of amidine groups is 1. The number of aliphatic hydroxyl groups excluding tert-OH is 1. The van der Waals surface area contributed by atoms with Crippen molar-refractivity contribution in [2.24, 2.45) is 28.5 Å². The molecule has 1 saturated heterocycles. The van der Waals surface area contributed by atoms with Crippen LogP contribution < -0.4 is 16.4 Å². The van der Waals surface area contributed by atoms with Crippen LogP contribution in [-0.2, 0) is 0 Å². The minimum Gasteiger partial charge on any atom is -0.379 e. The summed E-state index contributed by atoms with van der Waals surface area (Å²) in [6, 6.07) is 1.29. The van der Waals surface area contributed by atoms with E-state index in [-0.39, 0.29) is 0 Å². The molecule has 0 amide bonds. The highest BCUT2D eigenvalue weighted by molar-refractivity contribution is 8.00. The van der Waals surface area contributed by atoms with Crippen molar-refractivity contribution in [1.29, 1.82) is 0 Å². The van der Waals surface area contributed by atoms with Crippen molar-refractivity contribution < 1.29 is 5.11 Å². The summed E-state index contributed by atoms with van der Waals surface area (Å²) in [6.45, 7) is 0.729. The quantitative estimate of drug-likeness (QED) is 0.547. The molecule has 0 aromatic rings. The van der Waals surface area contributed by atoms with Gasteiger partial charge in [0.2, 0.25) is 0 Å². The minimum atomic E-state index is -0.686. The number of hydrogen-bond donors (Lipinski definition) is 4. The summed E-state index contributed by atoms with van der Waals surface area (Å²) < 4.78 is 0. The Bertz CT molecular complexity index is 520. The number of hydrogen-bond acceptors (Lipinski definition) is 7. The fourth-order valence-electron chi connectivity index (χ4n) is 5.72. The molecule has 0 aromatic heterocycles. The molecule has 0 radical (unpaired) electrons. The highest BCUT2D eigenvalue weighted by Crippen LogP contribution is 2.55. The summed E-state index contributed by atoms with van der Waals surface area (Å²) >= 11 is 2.11. The van der Waals surface area contributed by atoms with Crippen LogP contribution in [0.5, 0.6) is 0 Å². The summed E-state index contributed by atoms with van der Waals surface area (Å²) in [5.74, 6) is 2.82. The molecular weight excluding hydrogens is 346 g/mol. The average molecular weight is 382 g/mol. The molecular formula is C19H35N5OS. The van der Waals surface area contributed by atoms with Gasteiger partial charge in [-0.1, -0.05) is 0 Å². The van der Waals surface area contributed by atoms with Gasteiger partial charge in [0, 0.05) is 23.3 Å². The number of nitrogens with zero attached hydrogens (tertiary/aromatic N) is 2. The second kappa shape index (κ2) is 7.95. The maximum atomic E-state index is 9.73. The van der Waals surface area contributed by atoms with E-state index >= 15 is 0 Å². The molecule has 148 valence electrons. The van der Waals surface area contributed by atoms with Crippen molar-refractivity contribution in [3.63, 3.8) is 0 Å². The van der Waals surface area contributed by atoms with Crippen LogP contribution in [-0.4, -0.2) is 65.5 Å². The van der Waals surface area contributed by atoms with E-state index in [0.29, 0.717) is 34.4 Å². The molecule has 6 nitrogen and oxygen atoms in total. The van der Waals surface area contributed by atoms with Crippen molar-refractivity contribution in [3.05, 3.63) is 0 Å². The molecule has 3 fully saturated rings. The lowest BCUT2D eigenvalue weighted by Crippen LogP contribution is -2.52. The number of rotatable bonds is 4. The van der Waals surface area contributed by atoms with Crippen LogP contribution >= 0.6 is 11.8 Å². The van der Waals surface area contributed by atoms with Crippen molar-refractivity contribution in [3.8, 4) is 0 Å². The van der Waals surface area contributed by atoms with Crippen LogP contribution in [0.1, 0.15) is 44.9 Å². The van der Waals surface area contributed by atoms with Gasteiger partial charge in [0.05, 0.1) is 12.0 Å². The molecule has 7 heteroatoms. The van der Waals surface area contributed by atoms with Gasteiger partial charge < -0.3 is 21.1 Å². The van der Waals surface area contributed by atoms with Crippen LogP contribution in [0.3, 0.4) is 0 Å². The number of nitrogens with two attached hydrogens (primary N) is 1. The predicted octanol–water partition coefficient (Wildman–Crippen LogP) is 1.16. The predicted molar refractivity (Wildman–Crippen MR) is 108 cm³/mol. The Morgan fingerprint density at radius 2 is 2.04 bits per heavy atom. The average Bonchev–Trinajstić information content (AvgIpc) is 3.15. The first kappa shape index (κ1) is 19.0. The molecule has 2 heterocycles. The Morgan fingerprint density at radius 1 is 1.27 bits per heavy atom. The normalized spacial score (nSPS) is 43.7. The summed E-state index contributed by atoms with van der Waals surface area (Å²) in [7, 11) is 4.39. The first-order chi connectivity index (χ1) is 12.5. The van der Waals surface area contributed by atoms with Gasteiger partial charge in [-0.3, -0.25) is 10.3 Å². The van der Waals surface area contributed by atoms with Gasteiger partial charge in [-0.25, -0.2) is 0 Å². The first-order valence-electron chi connectivity index (χ1n) is 10.3. The minimum absolute atomic E-state index is 0.455. The van der Waals surface area contributed by atoms with Gasteiger partial charge in [0.25, 0.3) is 0 Å². The zero-order chi connectivity index (χ0) is 18.3. The van der Waals surface area contributed by atoms with Gasteiger partial charge >= 0.3 is 0 Å². The van der Waals surface area contributed by atoms with E-state index in [9.17, 15) is 5.11 Å². The molecule has 26 heavy (non-hydrogen) atoms. The summed E-state index contributed by atoms with van der Waals surface area (Å²) in [4.78, 5) is 7.24. The van der Waals surface area contributed by atoms with Crippen LogP contribution in [0.4, 0.5) is 0 Å². The molecule has 4 rings (SSSR count). The smallest absolute Gasteiger partial charge is 0.104 e. The lowest BCUT2D eigenvalue weighted by atomic mass is 9.80. The zero-order valence-electron chi connectivity index (χ0n) is 16.1. The lowest BCUT2D eigenvalue weighted by molar-refractivity contribution is 0.131. The van der Waals surface area contributed by atoms with Crippen molar-refractivity contribution in [2.45, 2.75) is 73.9 Å². The van der Waals surface area contributed by atoms with Crippen LogP contribution in [0.15, 0.2) is 4.99 Å². The van der Waals surface area contributed by atoms with Gasteiger partial charge in [0.15, 0.2) is 0 Å². The monoisotopic (exact) mass is 381 g/mol. The van der Waals surface area contributed by atoms with E-state index in [2.05, 4.69) is 41.4 Å². The number of nitrogens with one attached hydrogen (secondary N) is 2. The number of fused-ring (bicyclic) bond motifs is 3. The Kier molecular flexibility index (Phi) is 5.81. The lowest BCUT2D eigenvalue weighted by Gasteiger charge is -2.38. The van der Waals surface area contributed by atoms with Gasteiger partial charge in [-0.2, -0.15) is 0 Å². The van der Waals surface area contributed by atoms with Gasteiger partial charge in [0.1, 0.15) is 12.1 Å². The zero-order valence-corrected chi connectivity index (χ0v) is 16.9. The molecule has 4 aliphatic rings. The summed E-state index contributed by atoms with van der Waals surface area (Å²) in [5, 5.41) is 18.4. The third-order valence-electron chi connectivity index (χ3n) is 7.04. The van der Waals surface area contributed by atoms with Crippen molar-refractivity contribution >= 4 is 17.6 Å². The first-order valence-corrected chi connectivity index (χ1v) is 11.3. The van der Waals surface area contributed by atoms with E-state index in [0.717, 1.165) is 19.1 Å². The Hall–Kier alpha value is -0.340. The van der Waals surface area contributed by atoms with Crippen LogP contribution in [0.25, 0.3) is 0 Å². The maximum Gasteiger partial charge on any atom is 0.104 e. The molecule has 0 bridgehead atoms. The standard InChI is InChI=1S/C19H35N5OS/c1-24(2)13-6-4-12(5-7-13)23-18-17-16-11(9-15(20)25)3-8-14(16)26-19(17)22-10-21-18/h11-17,19,22,25H,3-10,20H2,1-2H3,(H,21,23)/t11?,12-,13-,14?,15?,16-,17?,19?/m1/s1. The SMILES string of the molecule is CN(C)[C@H]1CC[C@H](NC2=NCNC3SC4CCC(CC(N)O)[C@H]4C23)CC1. The van der Waals surface area contributed by atoms with E-state index < -0.39 is 6.23 Å². The third-order valence-corrected chi connectivity index (χ3v) is 8.69. The maximum absolute atomic E-state index is 9.73. The van der Waals surface area contributed by atoms with E-state index in [1.54, 1.807) is 0 Å². The van der Waals surface area contributed by atoms with Crippen molar-refractivity contribution in [1.82, 2.24) is 15.5 Å². The van der Waals surface area contributed by atoms with E-state index in [4.69, 9.17) is 10.7 Å². The fourth-order valence-corrected chi connectivity index (χ4v) is 7.60. The molecule has 0 aromatic carbocycles. The third kappa shape index (κ3) is 3.78. The molecule has 2 aliphatic heterocycles. The highest BCUT2D eigenvalue weighted by Gasteiger charge is 2.53. The Morgan fingerprint density at radius 3 is 2.73 bits per heavy atom. The molecule has 6 atom stereocenters. The Balaban J connectivity index is 1.42. The van der Waals surface area contributed by atoms with E-state index in [1.807, 2.05) is 0 Å². The van der Waals surface area contributed by atoms with Gasteiger partial charge in [-0.15, -0.1) is 11.8 Å². The second-order valence-electron chi connectivity index (χ2n) is 8.86. The van der Waals surface area contributed by atoms with Crippen LogP contribution in [0, 0.1) is 17.8 Å². The number of aliphatic imine (C=N–C) groups is 1. The Labute approximate surface area is 161 Å². The second-order valence-corrected chi connectivity index (χ2v) is 10.2. The molecule has 2 saturated carbocycles. The molecule has 5 unspecified atom stereocenters. The summed E-state index contributed by atoms with van der Waals surface area (Å²) in [5.41, 5.74) is 5.73. The van der Waals surface area contributed by atoms with Crippen LogP contribution in [0.2, 0.25) is 0 Å². The van der Waals surface area contributed by atoms with Gasteiger partial charge in [-0.05, 0) is 70.9 Å². The summed E-state index contributed by atoms with van der Waals surface area (Å²) in [6.07, 6.45) is 7.50. The molecule has 0 spiro atoms. The molecule has 5 N–H and O–H groups in total. The van der Waals surface area contributed by atoms with E-state index in [1.165, 1.54) is 44.4 Å².